The molecule has 4 nitrogen and oxygen atoms in total. The summed E-state index contributed by atoms with van der Waals surface area (Å²) in [6, 6.07) is 10.4. The first-order valence-electron chi connectivity index (χ1n) is 11.4. The van der Waals surface area contributed by atoms with E-state index in [1.807, 2.05) is 10.7 Å². The molecule has 0 aliphatic carbocycles. The predicted molar refractivity (Wildman–Crippen MR) is 128 cm³/mol. The first-order chi connectivity index (χ1) is 13.7. The molecule has 1 aromatic heterocycles. The summed E-state index contributed by atoms with van der Waals surface area (Å²) in [5, 5.41) is 8.02. The fourth-order valence-electron chi connectivity index (χ4n) is 2.92. The van der Waals surface area contributed by atoms with Gasteiger partial charge in [-0.15, -0.1) is 0 Å². The van der Waals surface area contributed by atoms with Gasteiger partial charge in [-0.1, -0.05) is 73.4 Å². The van der Waals surface area contributed by atoms with Gasteiger partial charge in [0.25, 0.3) is 0 Å². The fourth-order valence-corrected chi connectivity index (χ4v) is 2.92. The van der Waals surface area contributed by atoms with Crippen molar-refractivity contribution in [3.63, 3.8) is 0 Å². The molecule has 2 rings (SSSR count). The van der Waals surface area contributed by atoms with Gasteiger partial charge >= 0.3 is 0 Å². The second-order valence-corrected chi connectivity index (χ2v) is 9.08. The lowest BCUT2D eigenvalue weighted by molar-refractivity contribution is 0.488. The molecule has 0 aliphatic heterocycles. The molecule has 0 radical (unpaired) electrons. The molecule has 1 unspecified atom stereocenters. The molecule has 0 fully saturated rings. The van der Waals surface area contributed by atoms with Gasteiger partial charge < -0.3 is 11.1 Å². The lowest BCUT2D eigenvalue weighted by atomic mass is 9.92. The maximum atomic E-state index is 6.07. The van der Waals surface area contributed by atoms with Crippen molar-refractivity contribution in [1.82, 2.24) is 15.1 Å². The maximum absolute atomic E-state index is 6.07. The molecule has 2 aromatic rings. The van der Waals surface area contributed by atoms with E-state index in [4.69, 9.17) is 5.73 Å². The summed E-state index contributed by atoms with van der Waals surface area (Å²) in [5.74, 6) is 1.58. The average Bonchev–Trinajstić information content (AvgIpc) is 3.08. The van der Waals surface area contributed by atoms with Crippen LogP contribution in [0.4, 0.5) is 5.82 Å². The van der Waals surface area contributed by atoms with Crippen LogP contribution in [0.3, 0.4) is 0 Å². The minimum Gasteiger partial charge on any atom is -0.384 e. The first-order valence-corrected chi connectivity index (χ1v) is 11.4. The van der Waals surface area contributed by atoms with E-state index >= 15 is 0 Å². The topological polar surface area (TPSA) is 55.9 Å². The Kier molecular flexibility index (Phi) is 11.0. The van der Waals surface area contributed by atoms with E-state index in [9.17, 15) is 0 Å². The van der Waals surface area contributed by atoms with Gasteiger partial charge in [-0.05, 0) is 56.0 Å². The van der Waals surface area contributed by atoms with E-state index in [1.54, 1.807) is 0 Å². The standard InChI is InChI=1S/C16H23N3.C9H21N/c1-5-6-12-7-9-13(10-8-12)19-15(17)11-14(18-19)16(2,3)4;1-4-7-10-8-6-9(3)5-2/h7-11H,5-6,17H2,1-4H3;9-10H,4-8H2,1-3H3. The number of aromatic nitrogens is 2. The van der Waals surface area contributed by atoms with E-state index in [1.165, 1.54) is 37.9 Å². The quantitative estimate of drug-likeness (QED) is 0.498. The zero-order chi connectivity index (χ0) is 21.9. The van der Waals surface area contributed by atoms with Gasteiger partial charge in [0.1, 0.15) is 5.82 Å². The van der Waals surface area contributed by atoms with E-state index in [0.29, 0.717) is 5.82 Å². The molecule has 0 saturated heterocycles. The summed E-state index contributed by atoms with van der Waals surface area (Å²) in [6.45, 7) is 17.8. The van der Waals surface area contributed by atoms with Gasteiger partial charge in [-0.25, -0.2) is 4.68 Å². The number of nitrogen functional groups attached to an aromatic ring is 1. The molecule has 0 aliphatic rings. The zero-order valence-corrected chi connectivity index (χ0v) is 19.9. The highest BCUT2D eigenvalue weighted by Crippen LogP contribution is 2.24. The molecular formula is C25H44N4. The molecule has 1 aromatic carbocycles. The van der Waals surface area contributed by atoms with Crippen molar-refractivity contribution in [1.29, 1.82) is 0 Å². The Bertz CT molecular complexity index is 680. The number of nitrogens with two attached hydrogens (primary N) is 1. The molecule has 3 N–H and O–H groups in total. The number of anilines is 1. The highest BCUT2D eigenvalue weighted by molar-refractivity contribution is 5.44. The van der Waals surface area contributed by atoms with Gasteiger partial charge in [0.2, 0.25) is 0 Å². The number of hydrogen-bond acceptors (Lipinski definition) is 3. The van der Waals surface area contributed by atoms with Crippen molar-refractivity contribution in [2.24, 2.45) is 5.92 Å². The molecule has 0 saturated carbocycles. The van der Waals surface area contributed by atoms with Crippen LogP contribution >= 0.6 is 0 Å². The van der Waals surface area contributed by atoms with Crippen molar-refractivity contribution in [2.75, 3.05) is 18.8 Å². The number of benzene rings is 1. The average molecular weight is 401 g/mol. The zero-order valence-electron chi connectivity index (χ0n) is 19.9. The summed E-state index contributed by atoms with van der Waals surface area (Å²) in [5.41, 5.74) is 9.47. The van der Waals surface area contributed by atoms with Crippen LogP contribution in [0.25, 0.3) is 5.69 Å². The summed E-state index contributed by atoms with van der Waals surface area (Å²) in [6.07, 6.45) is 6.17. The summed E-state index contributed by atoms with van der Waals surface area (Å²) < 4.78 is 1.82. The predicted octanol–water partition coefficient (Wildman–Crippen LogP) is 6.13. The SMILES string of the molecule is CCCNCCC(C)CC.CCCc1ccc(-n2nc(C(C)(C)C)cc2N)cc1. The lowest BCUT2D eigenvalue weighted by Gasteiger charge is -2.14. The van der Waals surface area contributed by atoms with E-state index < -0.39 is 0 Å². The Hall–Kier alpha value is -1.81. The normalized spacial score (nSPS) is 12.4. The van der Waals surface area contributed by atoms with Crippen molar-refractivity contribution in [2.45, 2.75) is 86.0 Å². The fraction of sp³-hybridized carbons (Fsp3) is 0.640. The molecule has 0 spiro atoms. The van der Waals surface area contributed by atoms with E-state index in [0.717, 1.165) is 30.1 Å². The van der Waals surface area contributed by atoms with E-state index in [2.05, 4.69) is 83.1 Å². The highest BCUT2D eigenvalue weighted by atomic mass is 15.3. The Morgan fingerprint density at radius 2 is 1.69 bits per heavy atom. The van der Waals surface area contributed by atoms with Crippen LogP contribution in [0.15, 0.2) is 30.3 Å². The van der Waals surface area contributed by atoms with Gasteiger partial charge in [0.15, 0.2) is 0 Å². The van der Waals surface area contributed by atoms with Crippen LogP contribution in [-0.4, -0.2) is 22.9 Å². The molecule has 164 valence electrons. The van der Waals surface area contributed by atoms with Crippen LogP contribution in [-0.2, 0) is 11.8 Å². The Morgan fingerprint density at radius 1 is 1.03 bits per heavy atom. The second-order valence-electron chi connectivity index (χ2n) is 9.08. The maximum Gasteiger partial charge on any atom is 0.127 e. The number of aryl methyl sites for hydroxylation is 1. The minimum absolute atomic E-state index is 0.0154. The third-order valence-corrected chi connectivity index (χ3v) is 5.16. The van der Waals surface area contributed by atoms with Crippen molar-refractivity contribution in [3.05, 3.63) is 41.6 Å². The Morgan fingerprint density at radius 3 is 2.17 bits per heavy atom. The molecule has 4 heteroatoms. The number of rotatable bonds is 9. The van der Waals surface area contributed by atoms with Crippen LogP contribution in [0.1, 0.15) is 85.4 Å². The highest BCUT2D eigenvalue weighted by Gasteiger charge is 2.19. The van der Waals surface area contributed by atoms with Crippen LogP contribution in [0.5, 0.6) is 0 Å². The van der Waals surface area contributed by atoms with Crippen LogP contribution in [0, 0.1) is 5.92 Å². The van der Waals surface area contributed by atoms with Gasteiger partial charge in [0, 0.05) is 11.5 Å². The third-order valence-electron chi connectivity index (χ3n) is 5.16. The molecule has 0 amide bonds. The van der Waals surface area contributed by atoms with Crippen molar-refractivity contribution in [3.8, 4) is 5.69 Å². The molecule has 1 heterocycles. The lowest BCUT2D eigenvalue weighted by Crippen LogP contribution is -2.17. The number of nitrogens with zero attached hydrogens (tertiary/aromatic N) is 2. The van der Waals surface area contributed by atoms with Gasteiger partial charge in [-0.3, -0.25) is 0 Å². The molecule has 0 bridgehead atoms. The summed E-state index contributed by atoms with van der Waals surface area (Å²) in [7, 11) is 0. The number of nitrogens with one attached hydrogen (secondary N) is 1. The molecular weight excluding hydrogens is 356 g/mol. The minimum atomic E-state index is 0.0154. The summed E-state index contributed by atoms with van der Waals surface area (Å²) in [4.78, 5) is 0. The van der Waals surface area contributed by atoms with E-state index in [-0.39, 0.29) is 5.41 Å². The molecule has 1 atom stereocenters. The summed E-state index contributed by atoms with van der Waals surface area (Å²) >= 11 is 0. The second kappa shape index (κ2) is 12.7. The van der Waals surface area contributed by atoms with Gasteiger partial charge in [-0.2, -0.15) is 5.10 Å². The van der Waals surface area contributed by atoms with Crippen molar-refractivity contribution < 1.29 is 0 Å². The van der Waals surface area contributed by atoms with Crippen LogP contribution < -0.4 is 11.1 Å². The van der Waals surface area contributed by atoms with Crippen molar-refractivity contribution >= 4 is 5.82 Å². The molecule has 29 heavy (non-hydrogen) atoms. The Labute approximate surface area is 179 Å². The monoisotopic (exact) mass is 400 g/mol. The Balaban J connectivity index is 0.000000359. The largest absolute Gasteiger partial charge is 0.384 e. The first kappa shape index (κ1) is 25.2. The smallest absolute Gasteiger partial charge is 0.127 e. The van der Waals surface area contributed by atoms with Gasteiger partial charge in [0.05, 0.1) is 11.4 Å². The number of hydrogen-bond donors (Lipinski definition) is 2. The third kappa shape index (κ3) is 9.03. The van der Waals surface area contributed by atoms with Crippen LogP contribution in [0.2, 0.25) is 0 Å².